The van der Waals surface area contributed by atoms with Crippen LogP contribution in [0.1, 0.15) is 246 Å². The van der Waals surface area contributed by atoms with Crippen molar-refractivity contribution in [3.63, 3.8) is 0 Å². The molecule has 120 heavy (non-hydrogen) atoms. The maximum Gasteiger partial charge on any atom is 0.308 e. The largest absolute Gasteiger partial charge is 0.463 e. The summed E-state index contributed by atoms with van der Waals surface area (Å²) in [7, 11) is 0. The summed E-state index contributed by atoms with van der Waals surface area (Å²) in [4.78, 5) is 131. The Balaban J connectivity index is 0.000000522. The number of hydrogen-bond donors (Lipinski definition) is 11. The Bertz CT molecular complexity index is 3090. The molecule has 5 heterocycles. The van der Waals surface area contributed by atoms with E-state index in [0.717, 1.165) is 18.4 Å². The quantitative estimate of drug-likeness (QED) is 0.0283. The molecule has 35 nitrogen and oxygen atoms in total. The van der Waals surface area contributed by atoms with E-state index in [2.05, 4.69) is 54.3 Å². The first-order chi connectivity index (χ1) is 57.0. The molecule has 690 valence electrons. The number of esters is 6. The van der Waals surface area contributed by atoms with Gasteiger partial charge in [0, 0.05) is 78.2 Å². The summed E-state index contributed by atoms with van der Waals surface area (Å²) < 4.78 is 72.1. The third kappa shape index (κ3) is 38.3. The van der Waals surface area contributed by atoms with E-state index in [1.807, 2.05) is 85.7 Å². The first-order valence-corrected chi connectivity index (χ1v) is 43.0. The van der Waals surface area contributed by atoms with Gasteiger partial charge in [-0.3, -0.25) is 52.7 Å². The van der Waals surface area contributed by atoms with E-state index >= 15 is 0 Å². The highest BCUT2D eigenvalue weighted by Crippen LogP contribution is 2.34. The van der Waals surface area contributed by atoms with E-state index in [1.54, 1.807) is 27.7 Å². The van der Waals surface area contributed by atoms with Gasteiger partial charge in [0.05, 0.1) is 56.3 Å². The van der Waals surface area contributed by atoms with E-state index in [4.69, 9.17) is 66.7 Å². The van der Waals surface area contributed by atoms with Gasteiger partial charge < -0.3 is 119 Å². The molecule has 1 aromatic rings. The number of aliphatic hydroxyl groups excluding tert-OH is 6. The lowest BCUT2D eigenvalue weighted by Gasteiger charge is -2.44. The second kappa shape index (κ2) is 59.6. The van der Waals surface area contributed by atoms with Crippen molar-refractivity contribution < 1.29 is 145 Å². The van der Waals surface area contributed by atoms with Gasteiger partial charge in [-0.1, -0.05) is 120 Å². The fourth-order valence-electron chi connectivity index (χ4n) is 13.8. The molecular formula is C85H145N5O30. The van der Waals surface area contributed by atoms with Gasteiger partial charge in [-0.25, -0.2) is 0 Å². The number of carbonyl (C=O) groups excluding carboxylic acids is 11. The molecule has 0 bridgehead atoms. The summed E-state index contributed by atoms with van der Waals surface area (Å²) in [6, 6.07) is 6.49. The molecule has 0 aromatic heterocycles. The molecule has 0 aliphatic carbocycles. The maximum absolute atomic E-state index is 12.6. The molecule has 0 saturated carbocycles. The zero-order chi connectivity index (χ0) is 90.3. The molecule has 9 unspecified atom stereocenters. The van der Waals surface area contributed by atoms with Crippen molar-refractivity contribution >= 4 is 65.4 Å². The lowest BCUT2D eigenvalue weighted by atomic mass is 9.80. The molecule has 5 aliphatic rings. The van der Waals surface area contributed by atoms with Gasteiger partial charge in [-0.2, -0.15) is 0 Å². The monoisotopic (exact) mass is 1720 g/mol. The van der Waals surface area contributed by atoms with E-state index in [-0.39, 0.29) is 160 Å². The predicted molar refractivity (Wildman–Crippen MR) is 436 cm³/mol. The summed E-state index contributed by atoms with van der Waals surface area (Å²) in [5, 5.41) is 72.6. The lowest BCUT2D eigenvalue weighted by Crippen LogP contribution is -2.67. The second-order valence-electron chi connectivity index (χ2n) is 30.8. The average Bonchev–Trinajstić information content (AvgIpc) is 0.784. The van der Waals surface area contributed by atoms with Gasteiger partial charge in [0.25, 0.3) is 0 Å². The van der Waals surface area contributed by atoms with Crippen LogP contribution >= 0.6 is 0 Å². The van der Waals surface area contributed by atoms with E-state index in [9.17, 15) is 78.3 Å². The zero-order valence-electron chi connectivity index (χ0n) is 74.0. The number of carbonyl (C=O) groups is 11. The number of nitrogens with one attached hydrogen (secondary N) is 5. The molecule has 11 N–H and O–H groups in total. The Morgan fingerprint density at radius 1 is 0.342 bits per heavy atom. The van der Waals surface area contributed by atoms with Crippen LogP contribution < -0.4 is 26.6 Å². The smallest absolute Gasteiger partial charge is 0.308 e. The molecule has 0 radical (unpaired) electrons. The highest BCUT2D eigenvalue weighted by molar-refractivity contribution is 5.79. The van der Waals surface area contributed by atoms with Crippen LogP contribution in [0, 0.1) is 23.7 Å². The van der Waals surface area contributed by atoms with E-state index in [1.165, 1.54) is 13.8 Å². The zero-order valence-corrected chi connectivity index (χ0v) is 74.0. The number of rotatable bonds is 39. The molecule has 5 aliphatic heterocycles. The van der Waals surface area contributed by atoms with Crippen LogP contribution in [0.15, 0.2) is 30.3 Å². The highest BCUT2D eigenvalue weighted by atomic mass is 16.7. The van der Waals surface area contributed by atoms with Crippen molar-refractivity contribution in [1.29, 1.82) is 0 Å². The minimum absolute atomic E-state index is 0.0117. The molecule has 5 saturated heterocycles. The minimum atomic E-state index is -1.37. The van der Waals surface area contributed by atoms with Crippen LogP contribution in [0.5, 0.6) is 0 Å². The minimum Gasteiger partial charge on any atom is -0.463 e. The van der Waals surface area contributed by atoms with Gasteiger partial charge in [0.2, 0.25) is 35.8 Å². The van der Waals surface area contributed by atoms with Crippen LogP contribution in [0.25, 0.3) is 0 Å². The summed E-state index contributed by atoms with van der Waals surface area (Å²) in [5.41, 5.74) is 0.904. The molecule has 5 amide bonds. The molecule has 6 rings (SSSR count). The third-order valence-electron chi connectivity index (χ3n) is 20.7. The third-order valence-corrected chi connectivity index (χ3v) is 20.7. The van der Waals surface area contributed by atoms with Crippen molar-refractivity contribution in [1.82, 2.24) is 26.6 Å². The number of ether oxygens (including phenoxy) is 13. The normalized spacial score (nSPS) is 29.9. The predicted octanol–water partition coefficient (Wildman–Crippen LogP) is 5.57. The van der Waals surface area contributed by atoms with Crippen LogP contribution in [0.4, 0.5) is 0 Å². The second-order valence-corrected chi connectivity index (χ2v) is 30.8. The Morgan fingerprint density at radius 2 is 0.667 bits per heavy atom. The van der Waals surface area contributed by atoms with Crippen molar-refractivity contribution in [2.24, 2.45) is 23.7 Å². The van der Waals surface area contributed by atoms with Crippen molar-refractivity contribution in [3.8, 4) is 0 Å². The topological polar surface area (TPSA) is 489 Å². The van der Waals surface area contributed by atoms with Crippen LogP contribution in [0.2, 0.25) is 0 Å². The van der Waals surface area contributed by atoms with Crippen molar-refractivity contribution in [2.75, 3.05) is 39.6 Å². The fraction of sp³-hybridized carbons (Fsp3) is 0.800. The number of aliphatic hydroxyl groups is 6. The van der Waals surface area contributed by atoms with Gasteiger partial charge in [0.15, 0.2) is 24.8 Å². The molecule has 25 atom stereocenters. The Labute approximate surface area is 708 Å². The first kappa shape index (κ1) is 109. The number of amides is 5. The Hall–Kier alpha value is -7.13. The standard InChI is InChI=1S/C26H43NO10.C17H25NO6.2C15H27NO4.C12H23NO6/c1-6-11-18(28)27-23-25(36-21(31)14-9-4)24(35-20(30)13-8-3)17(16-33-19(29)12-7-2)34-26(23)37-22(32)15-10-5;1-2-6-13(20)18-14-16(22)15(21)12(9-19)24-17(14)23-10-11-7-4-3-5-8-11;2*1-6-7-14(18)16-15-10(3)9(2)13(20-11(15)4)8-19-12(5)17;1-3-5-8(15)13-9-11(17)10(16)7(6-14)19-12(9)18-4-2/h17,23-26H,6-16H2,1-5H3,(H,27,28);3-5,7-8,12,14-17,19,21-22H,2,6,9-10H2,1H3,(H,18,20);2*9-11,13,15H,6-8H2,1-5H3,(H,16,18);7,9-12,14,16-17H,3-6H2,1-2H3,(H,13,15)/t17-,23-,24-,25-,26?;12-,14-,15-,16-,17?;2*9-,10-,11?,13?,15?;7-,9-,10-,11-,12?/m11001/s1. The average molecular weight is 1720 g/mol. The van der Waals surface area contributed by atoms with Gasteiger partial charge in [-0.05, 0) is 108 Å². The Morgan fingerprint density at radius 3 is 1.02 bits per heavy atom. The summed E-state index contributed by atoms with van der Waals surface area (Å²) in [6.07, 6.45) is -6.21. The summed E-state index contributed by atoms with van der Waals surface area (Å²) in [5.74, 6) is -2.53. The SMILES string of the molecule is CCCC(=O)NC1C(C)OC(COC(C)=O)[C@@H](C)[C@@H]1C.CCCC(=O)NC1C(C)OC(COC(C)=O)[C@@H](C)[C@@H]1C.CCCC(=O)N[C@H]1C(OC(=O)CCC)O[C@H](COC(=O)CCC)[C@@H](OC(=O)CCC)[C@@H]1OC(=O)CCC.CCCC(=O)N[C@H]1C(OCC)O[C@H](CO)[C@@H](O)[C@@H]1O.CCCC(=O)N[C@H]1C(OCc2ccccc2)O[C@H](CO)[C@@H](O)[C@@H]1O. The van der Waals surface area contributed by atoms with Crippen LogP contribution in [-0.2, 0) is 121 Å². The fourth-order valence-corrected chi connectivity index (χ4v) is 13.8. The van der Waals surface area contributed by atoms with E-state index in [0.29, 0.717) is 77.2 Å². The highest BCUT2D eigenvalue weighted by Gasteiger charge is 2.54. The van der Waals surface area contributed by atoms with Crippen LogP contribution in [0.3, 0.4) is 0 Å². The maximum atomic E-state index is 12.6. The van der Waals surface area contributed by atoms with Crippen LogP contribution in [-0.4, -0.2) is 264 Å². The number of hydrogen-bond acceptors (Lipinski definition) is 30. The molecular weight excluding hydrogens is 1570 g/mol. The van der Waals surface area contributed by atoms with E-state index < -0.39 is 129 Å². The lowest BCUT2D eigenvalue weighted by molar-refractivity contribution is -0.273. The van der Waals surface area contributed by atoms with Gasteiger partial charge >= 0.3 is 35.8 Å². The first-order valence-electron chi connectivity index (χ1n) is 43.0. The molecule has 0 spiro atoms. The summed E-state index contributed by atoms with van der Waals surface area (Å²) >= 11 is 0. The van der Waals surface area contributed by atoms with Crippen molar-refractivity contribution in [2.45, 2.75) is 375 Å². The number of benzene rings is 1. The molecule has 5 fully saturated rings. The summed E-state index contributed by atoms with van der Waals surface area (Å²) in [6.45, 7) is 33.5. The Kier molecular flexibility index (Phi) is 54.1. The molecule has 35 heteroatoms. The van der Waals surface area contributed by atoms with Crippen molar-refractivity contribution in [3.05, 3.63) is 35.9 Å². The van der Waals surface area contributed by atoms with Gasteiger partial charge in [0.1, 0.15) is 80.7 Å². The van der Waals surface area contributed by atoms with Gasteiger partial charge in [-0.15, -0.1) is 0 Å². The molecule has 1 aromatic carbocycles.